The van der Waals surface area contributed by atoms with E-state index in [1.54, 1.807) is 0 Å². The first kappa shape index (κ1) is 20.4. The van der Waals surface area contributed by atoms with E-state index in [0.717, 1.165) is 24.1 Å². The average Bonchev–Trinajstić information content (AvgIpc) is 2.72. The summed E-state index contributed by atoms with van der Waals surface area (Å²) in [5, 5.41) is 2.87. The number of carbonyl (C=O) groups excluding carboxylic acids is 2. The summed E-state index contributed by atoms with van der Waals surface area (Å²) in [6.45, 7) is 2.39. The molecule has 6 heteroatoms. The Kier molecular flexibility index (Phi) is 6.70. The molecule has 3 rings (SSSR count). The Morgan fingerprint density at radius 2 is 1.86 bits per heavy atom. The number of carbonyl (C=O) groups is 2. The predicted octanol–water partition coefficient (Wildman–Crippen LogP) is 4.11. The highest BCUT2D eigenvalue weighted by Crippen LogP contribution is 2.31. The molecule has 1 saturated carbocycles. The molecule has 2 amide bonds. The normalized spacial score (nSPS) is 23.0. The maximum Gasteiger partial charge on any atom is 0.341 e. The highest BCUT2D eigenvalue weighted by atomic mass is 16.5. The van der Waals surface area contributed by atoms with E-state index in [0.29, 0.717) is 24.7 Å². The molecule has 152 valence electrons. The van der Waals surface area contributed by atoms with Crippen molar-refractivity contribution in [2.24, 2.45) is 16.8 Å². The van der Waals surface area contributed by atoms with Gasteiger partial charge in [-0.1, -0.05) is 38.3 Å². The van der Waals surface area contributed by atoms with E-state index < -0.39 is 18.0 Å². The third kappa shape index (κ3) is 4.72. The largest absolute Gasteiger partial charge is 0.465 e. The fraction of sp³-hybridized carbons (Fsp3) is 0.591. The lowest BCUT2D eigenvalue weighted by Crippen LogP contribution is -2.45. The molecule has 2 unspecified atom stereocenters. The maximum absolute atomic E-state index is 13.0. The van der Waals surface area contributed by atoms with Crippen molar-refractivity contribution in [3.8, 4) is 0 Å². The zero-order valence-corrected chi connectivity index (χ0v) is 17.1. The van der Waals surface area contributed by atoms with Gasteiger partial charge in [-0.05, 0) is 42.9 Å². The van der Waals surface area contributed by atoms with Crippen molar-refractivity contribution >= 4 is 23.4 Å². The number of benzene rings is 1. The van der Waals surface area contributed by atoms with Crippen molar-refractivity contribution in [3.63, 3.8) is 0 Å². The number of rotatable bonds is 6. The summed E-state index contributed by atoms with van der Waals surface area (Å²) in [5.74, 6) is -0.403. The predicted molar refractivity (Wildman–Crippen MR) is 111 cm³/mol. The molecule has 1 aliphatic heterocycles. The van der Waals surface area contributed by atoms with E-state index >= 15 is 0 Å². The van der Waals surface area contributed by atoms with Crippen LogP contribution in [0.5, 0.6) is 0 Å². The Bertz CT molecular complexity index is 721. The lowest BCUT2D eigenvalue weighted by atomic mass is 9.86. The van der Waals surface area contributed by atoms with Gasteiger partial charge in [-0.25, -0.2) is 9.79 Å². The van der Waals surface area contributed by atoms with Gasteiger partial charge in [0.05, 0.1) is 12.6 Å². The number of nitrogens with one attached hydrogen (secondary N) is 1. The Morgan fingerprint density at radius 1 is 1.18 bits per heavy atom. The molecule has 28 heavy (non-hydrogen) atoms. The molecule has 1 aliphatic carbocycles. The molecule has 1 aromatic rings. The standard InChI is InChI=1S/C22H31N3O3/c1-4-18-19(21(26)28-14-15-8-6-5-7-9-15)20(24-22(27)23-18)16-10-12-17(13-11-16)25(2)3/h10-13,15,19-20H,4-9,14H2,1-3H3,(H,24,27). The third-order valence-electron chi connectivity index (χ3n) is 5.79. The summed E-state index contributed by atoms with van der Waals surface area (Å²) in [7, 11) is 3.95. The van der Waals surface area contributed by atoms with Crippen LogP contribution >= 0.6 is 0 Å². The second-order valence-corrected chi connectivity index (χ2v) is 7.98. The van der Waals surface area contributed by atoms with Gasteiger partial charge >= 0.3 is 12.0 Å². The van der Waals surface area contributed by atoms with Gasteiger partial charge in [0.15, 0.2) is 0 Å². The number of hydrogen-bond donors (Lipinski definition) is 1. The maximum atomic E-state index is 13.0. The molecule has 2 aliphatic rings. The number of aliphatic imine (C=N–C) groups is 1. The van der Waals surface area contributed by atoms with E-state index in [1.807, 2.05) is 50.2 Å². The van der Waals surface area contributed by atoms with Crippen molar-refractivity contribution < 1.29 is 14.3 Å². The second-order valence-electron chi connectivity index (χ2n) is 7.98. The molecule has 2 atom stereocenters. The van der Waals surface area contributed by atoms with Crippen LogP contribution in [0.4, 0.5) is 10.5 Å². The van der Waals surface area contributed by atoms with Gasteiger partial charge in [0.25, 0.3) is 0 Å². The van der Waals surface area contributed by atoms with Crippen LogP contribution in [0.25, 0.3) is 0 Å². The van der Waals surface area contributed by atoms with Crippen LogP contribution in [0, 0.1) is 11.8 Å². The number of anilines is 1. The van der Waals surface area contributed by atoms with E-state index in [9.17, 15) is 9.59 Å². The molecule has 1 aromatic carbocycles. The number of nitrogens with zero attached hydrogens (tertiary/aromatic N) is 2. The molecule has 0 aromatic heterocycles. The van der Waals surface area contributed by atoms with Gasteiger partial charge in [0, 0.05) is 25.5 Å². The summed E-state index contributed by atoms with van der Waals surface area (Å²) >= 11 is 0. The highest BCUT2D eigenvalue weighted by molar-refractivity contribution is 6.09. The van der Waals surface area contributed by atoms with Crippen molar-refractivity contribution in [1.29, 1.82) is 0 Å². The summed E-state index contributed by atoms with van der Waals surface area (Å²) in [5.41, 5.74) is 2.55. The van der Waals surface area contributed by atoms with Gasteiger partial charge in [-0.3, -0.25) is 4.79 Å². The number of amides is 2. The molecule has 0 spiro atoms. The molecule has 0 bridgehead atoms. The molecule has 6 nitrogen and oxygen atoms in total. The van der Waals surface area contributed by atoms with E-state index in [-0.39, 0.29) is 5.97 Å². The lowest BCUT2D eigenvalue weighted by molar-refractivity contribution is -0.148. The highest BCUT2D eigenvalue weighted by Gasteiger charge is 2.39. The second kappa shape index (κ2) is 9.22. The minimum atomic E-state index is -0.573. The Morgan fingerprint density at radius 3 is 2.46 bits per heavy atom. The molecule has 0 radical (unpaired) electrons. The first-order valence-electron chi connectivity index (χ1n) is 10.3. The summed E-state index contributed by atoms with van der Waals surface area (Å²) in [6.07, 6.45) is 6.49. The smallest absolute Gasteiger partial charge is 0.341 e. The van der Waals surface area contributed by atoms with E-state index in [4.69, 9.17) is 4.74 Å². The average molecular weight is 386 g/mol. The Labute approximate surface area is 167 Å². The molecule has 1 N–H and O–H groups in total. The van der Waals surface area contributed by atoms with Gasteiger partial charge in [-0.15, -0.1) is 0 Å². The number of urea groups is 1. The Balaban J connectivity index is 1.79. The fourth-order valence-electron chi connectivity index (χ4n) is 4.11. The number of hydrogen-bond acceptors (Lipinski definition) is 4. The Hall–Kier alpha value is -2.37. The van der Waals surface area contributed by atoms with Crippen LogP contribution in [-0.4, -0.2) is 38.4 Å². The van der Waals surface area contributed by atoms with Crippen LogP contribution in [0.3, 0.4) is 0 Å². The zero-order valence-electron chi connectivity index (χ0n) is 17.1. The molecular formula is C22H31N3O3. The van der Waals surface area contributed by atoms with E-state index in [1.165, 1.54) is 19.3 Å². The van der Waals surface area contributed by atoms with Crippen molar-refractivity contribution in [2.45, 2.75) is 51.5 Å². The van der Waals surface area contributed by atoms with E-state index in [2.05, 4.69) is 10.3 Å². The monoisotopic (exact) mass is 385 g/mol. The van der Waals surface area contributed by atoms with Gasteiger partial charge in [0.1, 0.15) is 5.92 Å². The summed E-state index contributed by atoms with van der Waals surface area (Å²) in [4.78, 5) is 31.2. The molecular weight excluding hydrogens is 354 g/mol. The molecule has 1 heterocycles. The topological polar surface area (TPSA) is 71.0 Å². The minimum absolute atomic E-state index is 0.284. The van der Waals surface area contributed by atoms with Crippen molar-refractivity contribution in [1.82, 2.24) is 5.32 Å². The van der Waals surface area contributed by atoms with Crippen molar-refractivity contribution in [3.05, 3.63) is 29.8 Å². The third-order valence-corrected chi connectivity index (χ3v) is 5.79. The van der Waals surface area contributed by atoms with Gasteiger partial charge < -0.3 is 15.0 Å². The van der Waals surface area contributed by atoms with Crippen LogP contribution in [0.1, 0.15) is 57.1 Å². The summed E-state index contributed by atoms with van der Waals surface area (Å²) < 4.78 is 5.72. The van der Waals surface area contributed by atoms with Gasteiger partial charge in [0.2, 0.25) is 0 Å². The molecule has 0 saturated heterocycles. The quantitative estimate of drug-likeness (QED) is 0.748. The van der Waals surface area contributed by atoms with Crippen molar-refractivity contribution in [2.75, 3.05) is 25.6 Å². The fourth-order valence-corrected chi connectivity index (χ4v) is 4.11. The number of ether oxygens (including phenoxy) is 1. The SMILES string of the molecule is CCC1=NC(=O)NC(c2ccc(N(C)C)cc2)C1C(=O)OCC1CCCCC1. The summed E-state index contributed by atoms with van der Waals surface area (Å²) in [6, 6.07) is 7.05. The van der Waals surface area contributed by atoms with Crippen LogP contribution in [0.15, 0.2) is 29.3 Å². The minimum Gasteiger partial charge on any atom is -0.465 e. The van der Waals surface area contributed by atoms with Crippen LogP contribution < -0.4 is 10.2 Å². The van der Waals surface area contributed by atoms with Crippen LogP contribution in [-0.2, 0) is 9.53 Å². The van der Waals surface area contributed by atoms with Gasteiger partial charge in [-0.2, -0.15) is 0 Å². The lowest BCUT2D eigenvalue weighted by Gasteiger charge is -2.31. The number of esters is 1. The molecule has 1 fully saturated rings. The van der Waals surface area contributed by atoms with Crippen LogP contribution in [0.2, 0.25) is 0 Å². The first-order valence-corrected chi connectivity index (χ1v) is 10.3. The zero-order chi connectivity index (χ0) is 20.1. The first-order chi connectivity index (χ1) is 13.5.